The smallest absolute Gasteiger partial charge is 0.220 e. The normalized spacial score (nSPS) is 10.6. The highest BCUT2D eigenvalue weighted by molar-refractivity contribution is 5.73. The van der Waals surface area contributed by atoms with Gasteiger partial charge in [0.1, 0.15) is 24.4 Å². The molecule has 0 saturated heterocycles. The number of hydrogen-bond donors (Lipinski definition) is 0. The Morgan fingerprint density at radius 1 is 1.33 bits per heavy atom. The third kappa shape index (κ3) is 0.971. The lowest BCUT2D eigenvalue weighted by molar-refractivity contribution is 0.977. The van der Waals surface area contributed by atoms with Crippen molar-refractivity contribution in [2.45, 2.75) is 0 Å². The van der Waals surface area contributed by atoms with Gasteiger partial charge in [-0.05, 0) is 6.07 Å². The summed E-state index contributed by atoms with van der Waals surface area (Å²) in [6.07, 6.45) is 4.61. The van der Waals surface area contributed by atoms with Crippen molar-refractivity contribution in [3.8, 4) is 17.6 Å². The van der Waals surface area contributed by atoms with E-state index in [1.54, 1.807) is 16.7 Å². The fraction of sp³-hybridized carbons (Fsp3) is 0. The molecule has 2 aliphatic heterocycles. The quantitative estimate of drug-likeness (QED) is 0.523. The van der Waals surface area contributed by atoms with Crippen molar-refractivity contribution in [1.82, 2.24) is 24.3 Å². The molecule has 0 atom stereocenters. The third-order valence-electron chi connectivity index (χ3n) is 2.12. The molecular weight excluding hydrogens is 192 g/mol. The molecule has 0 radical (unpaired) electrons. The van der Waals surface area contributed by atoms with E-state index in [9.17, 15) is 0 Å². The summed E-state index contributed by atoms with van der Waals surface area (Å²) >= 11 is 0. The van der Waals surface area contributed by atoms with E-state index in [0.717, 1.165) is 5.52 Å². The predicted molar refractivity (Wildman–Crippen MR) is 49.9 cm³/mol. The van der Waals surface area contributed by atoms with Crippen LogP contribution in [0.1, 0.15) is 5.82 Å². The summed E-state index contributed by atoms with van der Waals surface area (Å²) in [5.41, 5.74) is 1.46. The van der Waals surface area contributed by atoms with Crippen LogP contribution in [0.2, 0.25) is 0 Å². The molecule has 0 aromatic carbocycles. The van der Waals surface area contributed by atoms with Gasteiger partial charge in [-0.1, -0.05) is 0 Å². The first-order valence-corrected chi connectivity index (χ1v) is 4.23. The van der Waals surface area contributed by atoms with Crippen molar-refractivity contribution in [3.63, 3.8) is 0 Å². The Kier molecular flexibility index (Phi) is 1.42. The first kappa shape index (κ1) is 7.82. The fourth-order valence-corrected chi connectivity index (χ4v) is 1.48. The van der Waals surface area contributed by atoms with Gasteiger partial charge in [0, 0.05) is 6.20 Å². The number of imidazole rings is 1. The molecule has 0 saturated carbocycles. The third-order valence-corrected chi connectivity index (χ3v) is 2.12. The van der Waals surface area contributed by atoms with Crippen LogP contribution in [-0.2, 0) is 0 Å². The topological polar surface area (TPSA) is 79.8 Å². The van der Waals surface area contributed by atoms with Gasteiger partial charge in [-0.2, -0.15) is 10.2 Å². The Balaban J connectivity index is 2.60. The predicted octanol–water partition coefficient (Wildman–Crippen LogP) is 0.496. The maximum atomic E-state index is 8.92. The summed E-state index contributed by atoms with van der Waals surface area (Å²) in [6, 6.07) is 3.77. The molecule has 6 heteroatoms. The van der Waals surface area contributed by atoms with Crippen LogP contribution in [0.4, 0.5) is 0 Å². The van der Waals surface area contributed by atoms with Crippen molar-refractivity contribution in [2.24, 2.45) is 0 Å². The average Bonchev–Trinajstić information content (AvgIpc) is 2.76. The molecule has 0 bridgehead atoms. The van der Waals surface area contributed by atoms with E-state index in [2.05, 4.69) is 19.9 Å². The zero-order valence-electron chi connectivity index (χ0n) is 7.49. The highest BCUT2D eigenvalue weighted by Gasteiger charge is 2.14. The zero-order valence-corrected chi connectivity index (χ0v) is 7.49. The number of aromatic nitrogens is 5. The average molecular weight is 196 g/mol. The van der Waals surface area contributed by atoms with Gasteiger partial charge in [0.15, 0.2) is 5.82 Å². The minimum Gasteiger partial charge on any atom is -0.274 e. The van der Waals surface area contributed by atoms with E-state index in [1.807, 2.05) is 6.07 Å². The molecular formula is C9H4N6. The first-order valence-electron chi connectivity index (χ1n) is 4.23. The molecule has 0 spiro atoms. The van der Waals surface area contributed by atoms with Crippen molar-refractivity contribution in [1.29, 1.82) is 5.26 Å². The van der Waals surface area contributed by atoms with Crippen molar-refractivity contribution < 1.29 is 0 Å². The van der Waals surface area contributed by atoms with Crippen LogP contribution in [0.15, 0.2) is 24.9 Å². The van der Waals surface area contributed by atoms with Gasteiger partial charge in [0.25, 0.3) is 0 Å². The number of fused-ring (bicyclic) bond motifs is 3. The SMILES string of the molecule is N#Cc1nc2ncnc-2c2ccncn12. The largest absolute Gasteiger partial charge is 0.274 e. The van der Waals surface area contributed by atoms with Gasteiger partial charge in [0.2, 0.25) is 5.82 Å². The van der Waals surface area contributed by atoms with Crippen molar-refractivity contribution in [3.05, 3.63) is 30.7 Å². The Bertz CT molecular complexity index is 649. The Morgan fingerprint density at radius 2 is 2.27 bits per heavy atom. The first-order chi connectivity index (χ1) is 7.40. The zero-order chi connectivity index (χ0) is 10.3. The Labute approximate surface area is 84.2 Å². The van der Waals surface area contributed by atoms with E-state index in [4.69, 9.17) is 5.26 Å². The second-order valence-corrected chi connectivity index (χ2v) is 2.93. The lowest BCUT2D eigenvalue weighted by Gasteiger charge is -2.04. The molecule has 0 N–H and O–H groups in total. The van der Waals surface area contributed by atoms with Crippen molar-refractivity contribution >= 4 is 5.52 Å². The van der Waals surface area contributed by atoms with E-state index < -0.39 is 0 Å². The number of hydrogen-bond acceptors (Lipinski definition) is 5. The molecule has 1 aromatic heterocycles. The molecule has 2 aliphatic rings. The van der Waals surface area contributed by atoms with Crippen LogP contribution < -0.4 is 0 Å². The van der Waals surface area contributed by atoms with Crippen LogP contribution in [0.5, 0.6) is 0 Å². The minimum atomic E-state index is 0.256. The van der Waals surface area contributed by atoms with E-state index in [-0.39, 0.29) is 5.82 Å². The number of nitriles is 1. The standard InChI is InChI=1S/C9H4N6/c10-3-7-14-9-8(12-4-13-9)6-1-2-11-5-15(6)7/h1-2,4-5H. The monoisotopic (exact) mass is 196 g/mol. The summed E-state index contributed by atoms with van der Waals surface area (Å²) < 4.78 is 1.59. The van der Waals surface area contributed by atoms with E-state index in [1.165, 1.54) is 12.7 Å². The molecule has 1 aromatic rings. The molecule has 6 nitrogen and oxygen atoms in total. The summed E-state index contributed by atoms with van der Waals surface area (Å²) in [5.74, 6) is 0.740. The molecule has 3 heterocycles. The maximum Gasteiger partial charge on any atom is 0.220 e. The van der Waals surface area contributed by atoms with E-state index >= 15 is 0 Å². The summed E-state index contributed by atoms with van der Waals surface area (Å²) in [7, 11) is 0. The lowest BCUT2D eigenvalue weighted by Crippen LogP contribution is -2.03. The molecule has 70 valence electrons. The second-order valence-electron chi connectivity index (χ2n) is 2.93. The van der Waals surface area contributed by atoms with Crippen LogP contribution in [0.25, 0.3) is 17.0 Å². The minimum absolute atomic E-state index is 0.256. The van der Waals surface area contributed by atoms with Crippen LogP contribution in [-0.4, -0.2) is 24.3 Å². The lowest BCUT2D eigenvalue weighted by atomic mass is 10.3. The Morgan fingerprint density at radius 3 is 3.13 bits per heavy atom. The molecule has 0 amide bonds. The molecule has 15 heavy (non-hydrogen) atoms. The number of nitrogens with zero attached hydrogens (tertiary/aromatic N) is 6. The van der Waals surface area contributed by atoms with Gasteiger partial charge in [-0.15, -0.1) is 0 Å². The van der Waals surface area contributed by atoms with Crippen LogP contribution in [0, 0.1) is 11.3 Å². The van der Waals surface area contributed by atoms with E-state index in [0.29, 0.717) is 11.5 Å². The molecule has 0 unspecified atom stereocenters. The van der Waals surface area contributed by atoms with Gasteiger partial charge in [-0.3, -0.25) is 4.40 Å². The molecule has 0 aliphatic carbocycles. The summed E-state index contributed by atoms with van der Waals surface area (Å²) in [5, 5.41) is 8.92. The summed E-state index contributed by atoms with van der Waals surface area (Å²) in [4.78, 5) is 16.1. The maximum absolute atomic E-state index is 8.92. The Hall–Kier alpha value is -2.55. The van der Waals surface area contributed by atoms with Gasteiger partial charge in [-0.25, -0.2) is 15.0 Å². The highest BCUT2D eigenvalue weighted by atomic mass is 15.1. The number of rotatable bonds is 0. The van der Waals surface area contributed by atoms with Crippen molar-refractivity contribution in [2.75, 3.05) is 0 Å². The fourth-order valence-electron chi connectivity index (χ4n) is 1.48. The molecule has 3 rings (SSSR count). The summed E-state index contributed by atoms with van der Waals surface area (Å²) in [6.45, 7) is 0. The van der Waals surface area contributed by atoms with Gasteiger partial charge < -0.3 is 0 Å². The molecule has 0 fully saturated rings. The second kappa shape index (κ2) is 2.72. The van der Waals surface area contributed by atoms with Gasteiger partial charge >= 0.3 is 0 Å². The van der Waals surface area contributed by atoms with Crippen LogP contribution in [0.3, 0.4) is 0 Å². The van der Waals surface area contributed by atoms with Gasteiger partial charge in [0.05, 0.1) is 5.52 Å². The van der Waals surface area contributed by atoms with Crippen LogP contribution >= 0.6 is 0 Å². The highest BCUT2D eigenvalue weighted by Crippen LogP contribution is 2.20.